The van der Waals surface area contributed by atoms with Gasteiger partial charge in [0, 0.05) is 18.6 Å². The van der Waals surface area contributed by atoms with E-state index in [0.717, 1.165) is 28.5 Å². The summed E-state index contributed by atoms with van der Waals surface area (Å²) >= 11 is 0. The Balaban J connectivity index is 1.37. The lowest BCUT2D eigenvalue weighted by molar-refractivity contribution is -0.140. The van der Waals surface area contributed by atoms with Crippen LogP contribution in [-0.2, 0) is 23.9 Å². The molecule has 0 aliphatic heterocycles. The Morgan fingerprint density at radius 2 is 1.18 bits per heavy atom. The van der Waals surface area contributed by atoms with Gasteiger partial charge < -0.3 is 28.8 Å². The van der Waals surface area contributed by atoms with Crippen LogP contribution in [0.3, 0.4) is 0 Å². The molecule has 44 heavy (non-hydrogen) atoms. The van der Waals surface area contributed by atoms with Crippen molar-refractivity contribution in [1.82, 2.24) is 0 Å². The quantitative estimate of drug-likeness (QED) is 0.0846. The molecule has 230 valence electrons. The van der Waals surface area contributed by atoms with Crippen molar-refractivity contribution in [3.8, 4) is 28.4 Å². The van der Waals surface area contributed by atoms with E-state index in [2.05, 4.69) is 13.2 Å². The molecule has 0 bridgehead atoms. The highest BCUT2D eigenvalue weighted by Gasteiger charge is 2.07. The Morgan fingerprint density at radius 1 is 0.659 bits per heavy atom. The number of unbranched alkanes of at least 4 members (excludes halogenated alkanes) is 1. The fraction of sp³-hybridized carbons (Fsp3) is 0.229. The Hall–Kier alpha value is -5.15. The van der Waals surface area contributed by atoms with Crippen LogP contribution in [0.15, 0.2) is 104 Å². The van der Waals surface area contributed by atoms with Crippen molar-refractivity contribution in [3.05, 3.63) is 109 Å². The third-order valence-electron chi connectivity index (χ3n) is 6.04. The van der Waals surface area contributed by atoms with E-state index in [1.807, 2.05) is 48.5 Å². The van der Waals surface area contributed by atoms with Crippen molar-refractivity contribution in [2.24, 2.45) is 0 Å². The summed E-state index contributed by atoms with van der Waals surface area (Å²) in [6.07, 6.45) is 6.04. The van der Waals surface area contributed by atoms with E-state index in [1.54, 1.807) is 30.3 Å². The van der Waals surface area contributed by atoms with Crippen molar-refractivity contribution in [2.75, 3.05) is 33.0 Å². The summed E-state index contributed by atoms with van der Waals surface area (Å²) in [4.78, 5) is 34.7. The second-order valence-corrected chi connectivity index (χ2v) is 9.40. The lowest BCUT2D eigenvalue weighted by Crippen LogP contribution is -2.11. The first-order valence-electron chi connectivity index (χ1n) is 14.1. The SMILES string of the molecule is C=CC(=O)OCCCOc1ccc(/C=C/C(=O)Oc2ccc(-c3ccc(OCCCCOC(=O)C(=C)CO)cc3)cc2)cc1. The Labute approximate surface area is 257 Å². The zero-order chi connectivity index (χ0) is 31.6. The lowest BCUT2D eigenvalue weighted by atomic mass is 10.1. The second-order valence-electron chi connectivity index (χ2n) is 9.40. The molecule has 9 heteroatoms. The van der Waals surface area contributed by atoms with Crippen LogP contribution in [0.4, 0.5) is 0 Å². The molecule has 3 aromatic carbocycles. The summed E-state index contributed by atoms with van der Waals surface area (Å²) in [7, 11) is 0. The number of rotatable bonds is 18. The van der Waals surface area contributed by atoms with Gasteiger partial charge in [-0.2, -0.15) is 0 Å². The molecule has 3 rings (SSSR count). The average molecular weight is 601 g/mol. The molecule has 9 nitrogen and oxygen atoms in total. The summed E-state index contributed by atoms with van der Waals surface area (Å²) in [5, 5.41) is 8.85. The lowest BCUT2D eigenvalue weighted by Gasteiger charge is -2.09. The fourth-order valence-corrected chi connectivity index (χ4v) is 3.65. The monoisotopic (exact) mass is 600 g/mol. The third-order valence-corrected chi connectivity index (χ3v) is 6.04. The predicted molar refractivity (Wildman–Crippen MR) is 166 cm³/mol. The highest BCUT2D eigenvalue weighted by Crippen LogP contribution is 2.25. The molecule has 0 spiro atoms. The number of aliphatic hydroxyl groups is 1. The maximum absolute atomic E-state index is 12.3. The Morgan fingerprint density at radius 3 is 1.77 bits per heavy atom. The number of carbonyl (C=O) groups is 3. The van der Waals surface area contributed by atoms with E-state index in [4.69, 9.17) is 28.8 Å². The van der Waals surface area contributed by atoms with Crippen molar-refractivity contribution in [2.45, 2.75) is 19.3 Å². The Kier molecular flexibility index (Phi) is 13.9. The van der Waals surface area contributed by atoms with Gasteiger partial charge in [-0.1, -0.05) is 49.6 Å². The van der Waals surface area contributed by atoms with Gasteiger partial charge in [-0.25, -0.2) is 14.4 Å². The molecule has 0 heterocycles. The van der Waals surface area contributed by atoms with Gasteiger partial charge in [-0.3, -0.25) is 0 Å². The summed E-state index contributed by atoms with van der Waals surface area (Å²) in [5.74, 6) is 0.281. The molecule has 0 saturated heterocycles. The van der Waals surface area contributed by atoms with Crippen LogP contribution in [0.25, 0.3) is 17.2 Å². The van der Waals surface area contributed by atoms with Crippen LogP contribution in [0.5, 0.6) is 17.2 Å². The molecule has 0 unspecified atom stereocenters. The highest BCUT2D eigenvalue weighted by atomic mass is 16.5. The van der Waals surface area contributed by atoms with E-state index in [-0.39, 0.29) is 18.8 Å². The van der Waals surface area contributed by atoms with Crippen LogP contribution in [-0.4, -0.2) is 56.0 Å². The maximum atomic E-state index is 12.3. The van der Waals surface area contributed by atoms with Crippen LogP contribution >= 0.6 is 0 Å². The van der Waals surface area contributed by atoms with E-state index >= 15 is 0 Å². The van der Waals surface area contributed by atoms with Gasteiger partial charge in [0.15, 0.2) is 0 Å². The zero-order valence-corrected chi connectivity index (χ0v) is 24.4. The molecule has 0 fully saturated rings. The van der Waals surface area contributed by atoms with Crippen LogP contribution in [0.1, 0.15) is 24.8 Å². The first-order valence-corrected chi connectivity index (χ1v) is 14.1. The zero-order valence-electron chi connectivity index (χ0n) is 24.4. The maximum Gasteiger partial charge on any atom is 0.336 e. The molecule has 0 aliphatic carbocycles. The molecule has 0 aromatic heterocycles. The summed E-state index contributed by atoms with van der Waals surface area (Å²) in [6.45, 7) is 7.73. The molecule has 0 saturated carbocycles. The van der Waals surface area contributed by atoms with Gasteiger partial charge in [0.1, 0.15) is 17.2 Å². The second kappa shape index (κ2) is 18.4. The fourth-order valence-electron chi connectivity index (χ4n) is 3.65. The first kappa shape index (κ1) is 33.4. The van der Waals surface area contributed by atoms with Gasteiger partial charge in [0.05, 0.1) is 38.6 Å². The van der Waals surface area contributed by atoms with E-state index in [0.29, 0.717) is 44.0 Å². The number of carbonyl (C=O) groups excluding carboxylic acids is 3. The van der Waals surface area contributed by atoms with Crippen LogP contribution in [0.2, 0.25) is 0 Å². The number of hydrogen-bond acceptors (Lipinski definition) is 9. The first-order chi connectivity index (χ1) is 21.4. The number of esters is 3. The van der Waals surface area contributed by atoms with Crippen LogP contribution in [0, 0.1) is 0 Å². The predicted octanol–water partition coefficient (Wildman–Crippen LogP) is 5.72. The van der Waals surface area contributed by atoms with Crippen molar-refractivity contribution < 1.29 is 43.2 Å². The molecule has 3 aromatic rings. The van der Waals surface area contributed by atoms with E-state index in [1.165, 1.54) is 6.08 Å². The normalized spacial score (nSPS) is 10.6. The van der Waals surface area contributed by atoms with Gasteiger partial charge in [0.25, 0.3) is 0 Å². The topological polar surface area (TPSA) is 118 Å². The minimum Gasteiger partial charge on any atom is -0.494 e. The van der Waals surface area contributed by atoms with Crippen molar-refractivity contribution in [3.63, 3.8) is 0 Å². The highest BCUT2D eigenvalue weighted by molar-refractivity contribution is 5.89. The molecule has 0 atom stereocenters. The Bertz CT molecular complexity index is 1410. The largest absolute Gasteiger partial charge is 0.494 e. The minimum atomic E-state index is -0.586. The molecule has 0 aliphatic rings. The van der Waals surface area contributed by atoms with E-state index < -0.39 is 24.5 Å². The summed E-state index contributed by atoms with van der Waals surface area (Å²) in [5.41, 5.74) is 2.78. The number of ether oxygens (including phenoxy) is 5. The van der Waals surface area contributed by atoms with Gasteiger partial charge >= 0.3 is 17.9 Å². The van der Waals surface area contributed by atoms with Gasteiger partial charge in [-0.05, 0) is 72.0 Å². The number of hydrogen-bond donors (Lipinski definition) is 1. The van der Waals surface area contributed by atoms with Crippen LogP contribution < -0.4 is 14.2 Å². The van der Waals surface area contributed by atoms with Crippen molar-refractivity contribution in [1.29, 1.82) is 0 Å². The molecular weight excluding hydrogens is 564 g/mol. The number of aliphatic hydroxyl groups excluding tert-OH is 1. The third kappa shape index (κ3) is 12.0. The minimum absolute atomic E-state index is 0.0380. The molecule has 1 N–H and O–H groups in total. The summed E-state index contributed by atoms with van der Waals surface area (Å²) < 4.78 is 26.7. The van der Waals surface area contributed by atoms with Gasteiger partial charge in [0.2, 0.25) is 0 Å². The molecular formula is C35H36O9. The smallest absolute Gasteiger partial charge is 0.336 e. The molecule has 0 radical (unpaired) electrons. The average Bonchev–Trinajstić information content (AvgIpc) is 3.05. The van der Waals surface area contributed by atoms with Gasteiger partial charge in [-0.15, -0.1) is 0 Å². The number of benzene rings is 3. The standard InChI is InChI=1S/C35H36O9/c1-3-33(37)42-24-6-23-41-30-14-7-27(8-15-30)9-20-34(38)44-32-18-12-29(13-19-32)28-10-16-31(17-11-28)40-21-4-5-22-43-35(39)26(2)25-36/h3,7-20,36H,1-2,4-6,21-25H2/b20-9+. The molecule has 0 amide bonds. The van der Waals surface area contributed by atoms with E-state index in [9.17, 15) is 14.4 Å². The van der Waals surface area contributed by atoms with Crippen molar-refractivity contribution >= 4 is 24.0 Å². The summed E-state index contributed by atoms with van der Waals surface area (Å²) in [6, 6.07) is 22.1.